The Labute approximate surface area is 155 Å². The van der Waals surface area contributed by atoms with Crippen LogP contribution in [-0.2, 0) is 30.5 Å². The summed E-state index contributed by atoms with van der Waals surface area (Å²) in [6, 6.07) is 12.6. The minimum absolute atomic E-state index is 0.0905. The molecule has 0 saturated heterocycles. The summed E-state index contributed by atoms with van der Waals surface area (Å²) >= 11 is 0. The first-order chi connectivity index (χ1) is 12.8. The lowest BCUT2D eigenvalue weighted by Crippen LogP contribution is -2.29. The Morgan fingerprint density at radius 2 is 1.89 bits per heavy atom. The first kappa shape index (κ1) is 18.9. The molecule has 0 saturated carbocycles. The number of aryl methyl sites for hydroxylation is 1. The Balaban J connectivity index is 1.75. The van der Waals surface area contributed by atoms with Gasteiger partial charge in [0.15, 0.2) is 0 Å². The third-order valence-corrected chi connectivity index (χ3v) is 4.46. The summed E-state index contributed by atoms with van der Waals surface area (Å²) in [7, 11) is 1.63. The van der Waals surface area contributed by atoms with E-state index in [-0.39, 0.29) is 12.3 Å². The quantitative estimate of drug-likeness (QED) is 0.668. The predicted octanol–water partition coefficient (Wildman–Crippen LogP) is 4.28. The van der Waals surface area contributed by atoms with Gasteiger partial charge in [-0.1, -0.05) is 30.3 Å². The summed E-state index contributed by atoms with van der Waals surface area (Å²) in [6.45, 7) is 3.01. The molecule has 0 unspecified atom stereocenters. The first-order valence-electron chi connectivity index (χ1n) is 8.64. The Bertz CT molecular complexity index is 963. The number of alkyl halides is 3. The van der Waals surface area contributed by atoms with Gasteiger partial charge in [0.1, 0.15) is 5.82 Å². The van der Waals surface area contributed by atoms with Crippen molar-refractivity contribution in [2.75, 3.05) is 7.05 Å². The largest absolute Gasteiger partial charge is 0.416 e. The summed E-state index contributed by atoms with van der Waals surface area (Å²) in [4.78, 5) is 18.6. The zero-order valence-corrected chi connectivity index (χ0v) is 15.1. The molecule has 0 aliphatic carbocycles. The second kappa shape index (κ2) is 7.42. The highest BCUT2D eigenvalue weighted by atomic mass is 19.4. The molecule has 0 aliphatic rings. The maximum atomic E-state index is 12.8. The van der Waals surface area contributed by atoms with E-state index in [1.807, 2.05) is 35.8 Å². The molecule has 1 heterocycles. The second-order valence-electron chi connectivity index (χ2n) is 6.39. The van der Waals surface area contributed by atoms with E-state index in [0.29, 0.717) is 18.7 Å². The van der Waals surface area contributed by atoms with Crippen molar-refractivity contribution in [2.45, 2.75) is 32.6 Å². The average Bonchev–Trinajstić information content (AvgIpc) is 2.98. The normalized spacial score (nSPS) is 11.7. The van der Waals surface area contributed by atoms with Crippen LogP contribution in [0.25, 0.3) is 11.0 Å². The third kappa shape index (κ3) is 4.13. The zero-order valence-electron chi connectivity index (χ0n) is 15.1. The predicted molar refractivity (Wildman–Crippen MR) is 97.0 cm³/mol. The van der Waals surface area contributed by atoms with E-state index in [0.717, 1.165) is 29.0 Å². The van der Waals surface area contributed by atoms with E-state index < -0.39 is 11.7 Å². The van der Waals surface area contributed by atoms with Gasteiger partial charge in [0.2, 0.25) is 5.91 Å². The number of imidazole rings is 1. The third-order valence-electron chi connectivity index (χ3n) is 4.46. The highest BCUT2D eigenvalue weighted by Crippen LogP contribution is 2.29. The lowest BCUT2D eigenvalue weighted by Gasteiger charge is -2.18. The molecular formula is C20H20F3N3O. The molecule has 3 aromatic rings. The van der Waals surface area contributed by atoms with Crippen LogP contribution in [-0.4, -0.2) is 27.4 Å². The molecule has 0 bridgehead atoms. The minimum Gasteiger partial charge on any atom is -0.338 e. The molecule has 0 fully saturated rings. The number of hydrogen-bond donors (Lipinski definition) is 0. The fourth-order valence-electron chi connectivity index (χ4n) is 3.07. The molecular weight excluding hydrogens is 355 g/mol. The number of benzene rings is 2. The van der Waals surface area contributed by atoms with Gasteiger partial charge < -0.3 is 9.47 Å². The molecule has 1 amide bonds. The summed E-state index contributed by atoms with van der Waals surface area (Å²) in [5.41, 5.74) is 1.44. The van der Waals surface area contributed by atoms with E-state index in [1.54, 1.807) is 7.05 Å². The fourth-order valence-corrected chi connectivity index (χ4v) is 3.07. The molecule has 4 nitrogen and oxygen atoms in total. The van der Waals surface area contributed by atoms with Gasteiger partial charge in [0, 0.05) is 13.6 Å². The van der Waals surface area contributed by atoms with Crippen molar-refractivity contribution in [3.8, 4) is 0 Å². The highest BCUT2D eigenvalue weighted by Gasteiger charge is 2.30. The van der Waals surface area contributed by atoms with Crippen LogP contribution in [0.4, 0.5) is 13.2 Å². The van der Waals surface area contributed by atoms with E-state index >= 15 is 0 Å². The van der Waals surface area contributed by atoms with Crippen LogP contribution in [0.3, 0.4) is 0 Å². The number of likely N-dealkylation sites (N-methyl/N-ethyl adjacent to an activating group) is 1. The van der Waals surface area contributed by atoms with E-state index in [4.69, 9.17) is 0 Å². The molecule has 7 heteroatoms. The Morgan fingerprint density at radius 3 is 2.59 bits per heavy atom. The number of carbonyl (C=O) groups excluding carboxylic acids is 1. The van der Waals surface area contributed by atoms with Crippen LogP contribution in [0.1, 0.15) is 23.9 Å². The average molecular weight is 375 g/mol. The Hall–Kier alpha value is -2.83. The molecule has 3 rings (SSSR count). The van der Waals surface area contributed by atoms with E-state index in [2.05, 4.69) is 4.98 Å². The van der Waals surface area contributed by atoms with Crippen molar-refractivity contribution in [3.63, 3.8) is 0 Å². The number of aromatic nitrogens is 2. The van der Waals surface area contributed by atoms with E-state index in [1.165, 1.54) is 17.0 Å². The van der Waals surface area contributed by atoms with Gasteiger partial charge in [-0.05, 0) is 30.7 Å². The van der Waals surface area contributed by atoms with Gasteiger partial charge in [-0.2, -0.15) is 13.2 Å². The van der Waals surface area contributed by atoms with Crippen LogP contribution in [0.5, 0.6) is 0 Å². The van der Waals surface area contributed by atoms with Crippen molar-refractivity contribution in [2.24, 2.45) is 0 Å². The number of halogens is 3. The van der Waals surface area contributed by atoms with Gasteiger partial charge in [-0.25, -0.2) is 4.98 Å². The lowest BCUT2D eigenvalue weighted by atomic mass is 10.1. The maximum Gasteiger partial charge on any atom is 0.416 e. The molecule has 27 heavy (non-hydrogen) atoms. The maximum absolute atomic E-state index is 12.8. The SMILES string of the molecule is CCn1c(CN(C)C(=O)Cc2cccc(C(F)(F)F)c2)nc2ccccc21. The number of hydrogen-bond acceptors (Lipinski definition) is 2. The molecule has 0 aliphatic heterocycles. The number of nitrogens with zero attached hydrogens (tertiary/aromatic N) is 3. The molecule has 142 valence electrons. The number of carbonyl (C=O) groups is 1. The molecule has 0 spiro atoms. The second-order valence-corrected chi connectivity index (χ2v) is 6.39. The Morgan fingerprint density at radius 1 is 1.15 bits per heavy atom. The van der Waals surface area contributed by atoms with Crippen LogP contribution in [0, 0.1) is 0 Å². The van der Waals surface area contributed by atoms with Gasteiger partial charge in [0.05, 0.1) is 29.6 Å². The van der Waals surface area contributed by atoms with Crippen molar-refractivity contribution in [1.82, 2.24) is 14.5 Å². The van der Waals surface area contributed by atoms with Crippen molar-refractivity contribution in [1.29, 1.82) is 0 Å². The van der Waals surface area contributed by atoms with Crippen LogP contribution >= 0.6 is 0 Å². The Kier molecular flexibility index (Phi) is 5.21. The smallest absolute Gasteiger partial charge is 0.338 e. The van der Waals surface area contributed by atoms with Crippen molar-refractivity contribution < 1.29 is 18.0 Å². The number of amides is 1. The standard InChI is InChI=1S/C20H20F3N3O/c1-3-26-17-10-5-4-9-16(17)24-18(26)13-25(2)19(27)12-14-7-6-8-15(11-14)20(21,22)23/h4-11H,3,12-13H2,1-2H3. The minimum atomic E-state index is -4.42. The van der Waals surface area contributed by atoms with Gasteiger partial charge in [-0.15, -0.1) is 0 Å². The van der Waals surface area contributed by atoms with Crippen LogP contribution < -0.4 is 0 Å². The summed E-state index contributed by atoms with van der Waals surface area (Å²) < 4.78 is 40.5. The number of para-hydroxylation sites is 2. The van der Waals surface area contributed by atoms with Crippen molar-refractivity contribution in [3.05, 3.63) is 65.5 Å². The summed E-state index contributed by atoms with van der Waals surface area (Å²) in [6.07, 6.45) is -4.51. The number of rotatable bonds is 5. The zero-order chi connectivity index (χ0) is 19.6. The van der Waals surface area contributed by atoms with E-state index in [9.17, 15) is 18.0 Å². The van der Waals surface area contributed by atoms with Gasteiger partial charge in [0.25, 0.3) is 0 Å². The highest BCUT2D eigenvalue weighted by molar-refractivity contribution is 5.79. The first-order valence-corrected chi connectivity index (χ1v) is 8.64. The van der Waals surface area contributed by atoms with Gasteiger partial charge >= 0.3 is 6.18 Å². The number of fused-ring (bicyclic) bond motifs is 1. The summed E-state index contributed by atoms with van der Waals surface area (Å²) in [5, 5.41) is 0. The summed E-state index contributed by atoms with van der Waals surface area (Å²) in [5.74, 6) is 0.489. The molecule has 2 aromatic carbocycles. The van der Waals surface area contributed by atoms with Gasteiger partial charge in [-0.3, -0.25) is 4.79 Å². The topological polar surface area (TPSA) is 38.1 Å². The molecule has 1 aromatic heterocycles. The van der Waals surface area contributed by atoms with Crippen molar-refractivity contribution >= 4 is 16.9 Å². The van der Waals surface area contributed by atoms with Crippen LogP contribution in [0.2, 0.25) is 0 Å². The molecule has 0 radical (unpaired) electrons. The lowest BCUT2D eigenvalue weighted by molar-refractivity contribution is -0.138. The molecule has 0 atom stereocenters. The monoisotopic (exact) mass is 375 g/mol. The molecule has 0 N–H and O–H groups in total. The fraction of sp³-hybridized carbons (Fsp3) is 0.300. The van der Waals surface area contributed by atoms with Crippen LogP contribution in [0.15, 0.2) is 48.5 Å².